The van der Waals surface area contributed by atoms with E-state index in [1.165, 1.54) is 74.6 Å². The number of benzene rings is 1. The Hall–Kier alpha value is -1.77. The molecule has 1 aromatic rings. The highest BCUT2D eigenvalue weighted by Gasteiger charge is 2.61. The van der Waals surface area contributed by atoms with Crippen LogP contribution in [0.1, 0.15) is 117 Å². The van der Waals surface area contributed by atoms with Crippen molar-refractivity contribution in [1.29, 1.82) is 0 Å². The lowest BCUT2D eigenvalue weighted by molar-refractivity contribution is -0.104. The van der Waals surface area contributed by atoms with E-state index < -0.39 is 0 Å². The van der Waals surface area contributed by atoms with Crippen LogP contribution in [0.4, 0.5) is 4.79 Å². The van der Waals surface area contributed by atoms with Crippen LogP contribution in [-0.4, -0.2) is 6.03 Å². The number of nitrogens with one attached hydrogen (secondary N) is 2. The van der Waals surface area contributed by atoms with Gasteiger partial charge < -0.3 is 10.6 Å². The highest BCUT2D eigenvalue weighted by Crippen LogP contribution is 2.69. The average molecular weight is 517 g/mol. The van der Waals surface area contributed by atoms with Crippen molar-refractivity contribution in [3.05, 3.63) is 47.2 Å². The zero-order valence-electron chi connectivity index (χ0n) is 24.7. The molecule has 3 fully saturated rings. The second-order valence-corrected chi connectivity index (χ2v) is 15.0. The minimum Gasteiger partial charge on any atom is -0.327 e. The maximum atomic E-state index is 12.7. The number of hydrogen-bond donors (Lipinski definition) is 2. The predicted molar refractivity (Wildman–Crippen MR) is 156 cm³/mol. The Balaban J connectivity index is 1.23. The van der Waals surface area contributed by atoms with Gasteiger partial charge >= 0.3 is 6.03 Å². The fraction of sp³-hybridized carbons (Fsp3) is 0.743. The Labute approximate surface area is 232 Å². The molecule has 208 valence electrons. The number of allylic oxidation sites excluding steroid dienone is 1. The lowest BCUT2D eigenvalue weighted by Crippen LogP contribution is -2.56. The molecular formula is C35H52N2O. The molecule has 0 saturated heterocycles. The van der Waals surface area contributed by atoms with E-state index in [0.717, 1.165) is 48.3 Å². The smallest absolute Gasteiger partial charge is 0.319 e. The Kier molecular flexibility index (Phi) is 6.97. The predicted octanol–water partition coefficient (Wildman–Crippen LogP) is 9.03. The highest BCUT2D eigenvalue weighted by molar-refractivity contribution is 5.79. The van der Waals surface area contributed by atoms with Gasteiger partial charge in [-0.2, -0.15) is 0 Å². The first-order chi connectivity index (χ1) is 18.2. The summed E-state index contributed by atoms with van der Waals surface area (Å²) in [6.45, 7) is 12.7. The summed E-state index contributed by atoms with van der Waals surface area (Å²) in [6.07, 6.45) is 15.0. The number of hydrogen-bond acceptors (Lipinski definition) is 1. The molecule has 1 heterocycles. The third-order valence-electron chi connectivity index (χ3n) is 12.7. The van der Waals surface area contributed by atoms with E-state index in [1.807, 2.05) is 0 Å². The number of carbonyl (C=O) groups is 1. The van der Waals surface area contributed by atoms with Crippen molar-refractivity contribution in [2.45, 2.75) is 111 Å². The number of carbonyl (C=O) groups excluding carboxylic acids is 1. The second kappa shape index (κ2) is 10.0. The van der Waals surface area contributed by atoms with Gasteiger partial charge in [0.05, 0.1) is 6.04 Å². The molecule has 3 saturated carbocycles. The van der Waals surface area contributed by atoms with Gasteiger partial charge in [-0.05, 0) is 115 Å². The Morgan fingerprint density at radius 2 is 1.68 bits per heavy atom. The molecule has 2 N–H and O–H groups in total. The quantitative estimate of drug-likeness (QED) is 0.389. The molecule has 3 heteroatoms. The van der Waals surface area contributed by atoms with Crippen molar-refractivity contribution in [3.8, 4) is 0 Å². The third-order valence-corrected chi connectivity index (χ3v) is 12.7. The van der Waals surface area contributed by atoms with Crippen LogP contribution in [0.2, 0.25) is 0 Å². The number of amides is 2. The lowest BCUT2D eigenvalue weighted by Gasteiger charge is -2.61. The summed E-state index contributed by atoms with van der Waals surface area (Å²) in [5.41, 5.74) is 4.83. The summed E-state index contributed by atoms with van der Waals surface area (Å²) in [4.78, 5) is 12.7. The first-order valence-electron chi connectivity index (χ1n) is 16.0. The van der Waals surface area contributed by atoms with Crippen molar-refractivity contribution in [1.82, 2.24) is 10.6 Å². The van der Waals surface area contributed by atoms with E-state index >= 15 is 0 Å². The van der Waals surface area contributed by atoms with Gasteiger partial charge in [-0.15, -0.1) is 0 Å². The van der Waals surface area contributed by atoms with E-state index in [-0.39, 0.29) is 12.1 Å². The molecule has 0 aromatic heterocycles. The largest absolute Gasteiger partial charge is 0.327 e. The summed E-state index contributed by atoms with van der Waals surface area (Å²) in [5.74, 6) is 5.98. The minimum absolute atomic E-state index is 0.0227. The number of rotatable bonds is 6. The van der Waals surface area contributed by atoms with Gasteiger partial charge in [-0.3, -0.25) is 0 Å². The van der Waals surface area contributed by atoms with Crippen LogP contribution in [0.15, 0.2) is 41.6 Å². The second-order valence-electron chi connectivity index (χ2n) is 15.0. The van der Waals surface area contributed by atoms with E-state index in [0.29, 0.717) is 16.7 Å². The lowest BCUT2D eigenvalue weighted by atomic mass is 9.44. The monoisotopic (exact) mass is 516 g/mol. The molecule has 2 amide bonds. The zero-order chi connectivity index (χ0) is 26.7. The zero-order valence-corrected chi connectivity index (χ0v) is 24.7. The minimum atomic E-state index is -0.0252. The third kappa shape index (κ3) is 4.35. The van der Waals surface area contributed by atoms with E-state index in [1.54, 1.807) is 0 Å². The first kappa shape index (κ1) is 26.5. The number of fused-ring (bicyclic) bond motifs is 5. The molecular weight excluding hydrogens is 464 g/mol. The van der Waals surface area contributed by atoms with Crippen LogP contribution in [0, 0.1) is 52.3 Å². The van der Waals surface area contributed by atoms with Crippen molar-refractivity contribution in [2.75, 3.05) is 0 Å². The molecule has 4 aliphatic carbocycles. The fourth-order valence-electron chi connectivity index (χ4n) is 10.8. The van der Waals surface area contributed by atoms with Crippen LogP contribution in [0.25, 0.3) is 0 Å². The van der Waals surface area contributed by atoms with Crippen LogP contribution in [0.5, 0.6) is 0 Å². The molecule has 9 atom stereocenters. The summed E-state index contributed by atoms with van der Waals surface area (Å²) >= 11 is 0. The summed E-state index contributed by atoms with van der Waals surface area (Å²) in [5, 5.41) is 6.55. The molecule has 38 heavy (non-hydrogen) atoms. The van der Waals surface area contributed by atoms with Gasteiger partial charge in [0.1, 0.15) is 0 Å². The topological polar surface area (TPSA) is 41.1 Å². The SMILES string of the molecule is CC(C)CCC[C@@H](C)[C@H]1CCC2C3CCC4CC5=C(C[C@]4(C)C3CC[C@@]21C)C(c1ccccc1)NC(=O)N5. The van der Waals surface area contributed by atoms with Crippen LogP contribution in [-0.2, 0) is 0 Å². The number of urea groups is 1. The average Bonchev–Trinajstić information content (AvgIpc) is 3.25. The highest BCUT2D eigenvalue weighted by atomic mass is 16.2. The molecule has 5 aliphatic rings. The van der Waals surface area contributed by atoms with Gasteiger partial charge in [0.25, 0.3) is 0 Å². The normalized spacial score (nSPS) is 40.9. The summed E-state index contributed by atoms with van der Waals surface area (Å²) < 4.78 is 0. The standard InChI is InChI=1S/C35H52N2O/c1-22(2)10-9-11-23(3)28-16-17-29-26-15-14-25-20-31-27(21-35(25,5)30(26)18-19-34(28,29)4)32(37-33(38)36-31)24-12-7-6-8-13-24/h6-8,12-13,22-23,25-26,28-30,32H,9-11,14-21H2,1-5H3,(H2,36,37,38)/t23-,25?,26?,28-,29?,30?,32?,34-,35+/m1/s1. The maximum absolute atomic E-state index is 12.7. The fourth-order valence-corrected chi connectivity index (χ4v) is 10.8. The molecule has 0 spiro atoms. The molecule has 6 rings (SSSR count). The van der Waals surface area contributed by atoms with Crippen LogP contribution < -0.4 is 10.6 Å². The Morgan fingerprint density at radius 3 is 2.45 bits per heavy atom. The van der Waals surface area contributed by atoms with Gasteiger partial charge in [0.2, 0.25) is 0 Å². The van der Waals surface area contributed by atoms with Gasteiger partial charge in [-0.25, -0.2) is 4.79 Å². The Bertz CT molecular complexity index is 1060. The van der Waals surface area contributed by atoms with Crippen molar-refractivity contribution >= 4 is 6.03 Å². The van der Waals surface area contributed by atoms with Crippen molar-refractivity contribution in [2.24, 2.45) is 52.3 Å². The summed E-state index contributed by atoms with van der Waals surface area (Å²) in [6, 6.07) is 10.7. The van der Waals surface area contributed by atoms with Gasteiger partial charge in [-0.1, -0.05) is 84.2 Å². The van der Waals surface area contributed by atoms with E-state index in [4.69, 9.17) is 0 Å². The molecule has 1 aliphatic heterocycles. The molecule has 5 unspecified atom stereocenters. The summed E-state index contributed by atoms with van der Waals surface area (Å²) in [7, 11) is 0. The maximum Gasteiger partial charge on any atom is 0.319 e. The Morgan fingerprint density at radius 1 is 0.921 bits per heavy atom. The molecule has 3 nitrogen and oxygen atoms in total. The van der Waals surface area contributed by atoms with Crippen molar-refractivity contribution < 1.29 is 4.79 Å². The van der Waals surface area contributed by atoms with Crippen LogP contribution >= 0.6 is 0 Å². The van der Waals surface area contributed by atoms with Crippen molar-refractivity contribution in [3.63, 3.8) is 0 Å². The van der Waals surface area contributed by atoms with Gasteiger partial charge in [0, 0.05) is 5.70 Å². The van der Waals surface area contributed by atoms with E-state index in [9.17, 15) is 4.79 Å². The molecule has 1 aromatic carbocycles. The van der Waals surface area contributed by atoms with E-state index in [2.05, 4.69) is 75.6 Å². The molecule has 0 radical (unpaired) electrons. The van der Waals surface area contributed by atoms with Crippen LogP contribution in [0.3, 0.4) is 0 Å². The van der Waals surface area contributed by atoms with Gasteiger partial charge in [0.15, 0.2) is 0 Å². The first-order valence-corrected chi connectivity index (χ1v) is 16.0. The molecule has 0 bridgehead atoms.